The third-order valence-corrected chi connectivity index (χ3v) is 4.11. The summed E-state index contributed by atoms with van der Waals surface area (Å²) in [5.41, 5.74) is 10.6. The van der Waals surface area contributed by atoms with E-state index in [-0.39, 0.29) is 5.91 Å². The number of rotatable bonds is 3. The Balaban J connectivity index is 2.04. The van der Waals surface area contributed by atoms with Gasteiger partial charge in [0.1, 0.15) is 0 Å². The summed E-state index contributed by atoms with van der Waals surface area (Å²) >= 11 is 3.42. The Morgan fingerprint density at radius 2 is 1.95 bits per heavy atom. The lowest BCUT2D eigenvalue weighted by atomic mass is 10.0. The lowest BCUT2D eigenvalue weighted by Crippen LogP contribution is -2.10. The number of amides is 1. The summed E-state index contributed by atoms with van der Waals surface area (Å²) in [7, 11) is 0. The van der Waals surface area contributed by atoms with Crippen molar-refractivity contribution in [2.45, 2.75) is 13.3 Å². The first-order valence-corrected chi connectivity index (χ1v) is 7.84. The highest BCUT2D eigenvalue weighted by Gasteiger charge is 2.27. The van der Waals surface area contributed by atoms with Crippen LogP contribution in [-0.4, -0.2) is 5.91 Å². The number of halogens is 1. The van der Waals surface area contributed by atoms with Crippen LogP contribution in [-0.2, 0) is 4.79 Å². The quantitative estimate of drug-likeness (QED) is 0.569. The molecular formula is C17H16BrN3O. The molecule has 4 nitrogen and oxygen atoms in total. The van der Waals surface area contributed by atoms with Gasteiger partial charge in [-0.1, -0.05) is 22.9 Å². The summed E-state index contributed by atoms with van der Waals surface area (Å²) in [6.07, 6.45) is 0.715. The molecule has 112 valence electrons. The number of benzene rings is 2. The number of nitrogens with one attached hydrogen (secondary N) is 2. The van der Waals surface area contributed by atoms with Crippen molar-refractivity contribution >= 4 is 44.5 Å². The van der Waals surface area contributed by atoms with Gasteiger partial charge in [0.2, 0.25) is 0 Å². The molecule has 2 aromatic rings. The molecule has 4 N–H and O–H groups in total. The Morgan fingerprint density at radius 3 is 2.64 bits per heavy atom. The normalized spacial score (nSPS) is 15.3. The second-order valence-electron chi connectivity index (χ2n) is 5.10. The van der Waals surface area contributed by atoms with Crippen molar-refractivity contribution in [2.24, 2.45) is 0 Å². The Morgan fingerprint density at radius 1 is 1.23 bits per heavy atom. The average Bonchev–Trinajstić information content (AvgIpc) is 2.82. The van der Waals surface area contributed by atoms with E-state index in [4.69, 9.17) is 5.73 Å². The molecule has 0 aromatic heterocycles. The molecule has 0 bridgehead atoms. The number of anilines is 3. The van der Waals surface area contributed by atoms with E-state index in [0.717, 1.165) is 27.1 Å². The first kappa shape index (κ1) is 14.7. The van der Waals surface area contributed by atoms with E-state index in [1.54, 1.807) is 6.07 Å². The molecule has 0 atom stereocenters. The molecule has 5 heteroatoms. The van der Waals surface area contributed by atoms with Gasteiger partial charge in [0.15, 0.2) is 0 Å². The fourth-order valence-corrected chi connectivity index (χ4v) is 2.78. The minimum Gasteiger partial charge on any atom is -0.399 e. The van der Waals surface area contributed by atoms with Crippen LogP contribution in [0.4, 0.5) is 17.1 Å². The average molecular weight is 358 g/mol. The van der Waals surface area contributed by atoms with Crippen LogP contribution in [0, 0.1) is 0 Å². The summed E-state index contributed by atoms with van der Waals surface area (Å²) in [5, 5.41) is 6.23. The molecule has 0 radical (unpaired) electrons. The van der Waals surface area contributed by atoms with Crippen LogP contribution >= 0.6 is 15.9 Å². The molecule has 0 unspecified atom stereocenters. The van der Waals surface area contributed by atoms with Gasteiger partial charge in [-0.25, -0.2) is 0 Å². The van der Waals surface area contributed by atoms with Gasteiger partial charge in [-0.2, -0.15) is 0 Å². The van der Waals surface area contributed by atoms with Crippen LogP contribution < -0.4 is 16.4 Å². The molecule has 1 aliphatic heterocycles. The predicted molar refractivity (Wildman–Crippen MR) is 94.5 cm³/mol. The summed E-state index contributed by atoms with van der Waals surface area (Å²) < 4.78 is 1.01. The van der Waals surface area contributed by atoms with E-state index in [1.165, 1.54) is 0 Å². The number of carbonyl (C=O) groups is 1. The monoisotopic (exact) mass is 357 g/mol. The molecule has 1 amide bonds. The molecule has 1 heterocycles. The number of nitrogens with two attached hydrogens (primary N) is 1. The van der Waals surface area contributed by atoms with Gasteiger partial charge in [-0.3, -0.25) is 4.79 Å². The molecule has 3 rings (SSSR count). The van der Waals surface area contributed by atoms with Gasteiger partial charge in [0.25, 0.3) is 5.91 Å². The van der Waals surface area contributed by atoms with Crippen molar-refractivity contribution in [3.8, 4) is 0 Å². The molecule has 0 fully saturated rings. The molecule has 2 aromatic carbocycles. The molecule has 1 aliphatic rings. The number of hydrogen-bond acceptors (Lipinski definition) is 3. The van der Waals surface area contributed by atoms with Crippen LogP contribution in [0.25, 0.3) is 5.57 Å². The third kappa shape index (κ3) is 2.72. The van der Waals surface area contributed by atoms with E-state index in [1.807, 2.05) is 43.3 Å². The highest BCUT2D eigenvalue weighted by Crippen LogP contribution is 2.36. The Hall–Kier alpha value is -2.27. The standard InChI is InChI=1S/C17H16BrN3O/c1-2-14(20-12-6-3-10(18)4-7-12)16-13-9-11(19)5-8-15(13)21-17(16)22/h3-9,20H,2,19H2,1H3,(H,21,22)/b16-14-. The summed E-state index contributed by atoms with van der Waals surface area (Å²) in [5.74, 6) is -0.0953. The number of nitrogen functional groups attached to an aromatic ring is 1. The zero-order valence-electron chi connectivity index (χ0n) is 12.1. The van der Waals surface area contributed by atoms with Crippen molar-refractivity contribution in [2.75, 3.05) is 16.4 Å². The lowest BCUT2D eigenvalue weighted by molar-refractivity contribution is -0.110. The maximum Gasteiger partial charge on any atom is 0.258 e. The second kappa shape index (κ2) is 5.85. The fraction of sp³-hybridized carbons (Fsp3) is 0.118. The van der Waals surface area contributed by atoms with Crippen LogP contribution in [0.1, 0.15) is 18.9 Å². The third-order valence-electron chi connectivity index (χ3n) is 3.58. The maximum atomic E-state index is 12.3. The molecule has 0 aliphatic carbocycles. The number of hydrogen-bond donors (Lipinski definition) is 3. The molecule has 22 heavy (non-hydrogen) atoms. The minimum atomic E-state index is -0.0953. The van der Waals surface area contributed by atoms with Gasteiger partial charge in [0, 0.05) is 32.8 Å². The van der Waals surface area contributed by atoms with Crippen molar-refractivity contribution in [3.05, 3.63) is 58.2 Å². The van der Waals surface area contributed by atoms with Gasteiger partial charge < -0.3 is 16.4 Å². The molecule has 0 saturated heterocycles. The van der Waals surface area contributed by atoms with E-state index in [0.29, 0.717) is 17.7 Å². The topological polar surface area (TPSA) is 67.2 Å². The van der Waals surface area contributed by atoms with Crippen LogP contribution in [0.3, 0.4) is 0 Å². The van der Waals surface area contributed by atoms with Crippen molar-refractivity contribution < 1.29 is 4.79 Å². The zero-order valence-corrected chi connectivity index (χ0v) is 13.7. The Kier molecular flexibility index (Phi) is 3.90. The van der Waals surface area contributed by atoms with E-state index in [9.17, 15) is 4.79 Å². The molecular weight excluding hydrogens is 342 g/mol. The first-order chi connectivity index (χ1) is 10.6. The SMILES string of the molecule is CC/C(Nc1ccc(Br)cc1)=C1/C(=O)Nc2ccc(N)cc21. The summed E-state index contributed by atoms with van der Waals surface area (Å²) in [6.45, 7) is 2.02. The number of allylic oxidation sites excluding steroid dienone is 1. The van der Waals surface area contributed by atoms with E-state index >= 15 is 0 Å². The predicted octanol–water partition coefficient (Wildman–Crippen LogP) is 4.22. The van der Waals surface area contributed by atoms with Gasteiger partial charge in [-0.05, 0) is 48.9 Å². The largest absolute Gasteiger partial charge is 0.399 e. The zero-order chi connectivity index (χ0) is 15.7. The number of fused-ring (bicyclic) bond motifs is 1. The Bertz CT molecular complexity index is 766. The highest BCUT2D eigenvalue weighted by molar-refractivity contribution is 9.10. The van der Waals surface area contributed by atoms with Gasteiger partial charge >= 0.3 is 0 Å². The minimum absolute atomic E-state index is 0.0953. The summed E-state index contributed by atoms with van der Waals surface area (Å²) in [4.78, 5) is 12.3. The Labute approximate surface area is 137 Å². The van der Waals surface area contributed by atoms with Gasteiger partial charge in [-0.15, -0.1) is 0 Å². The lowest BCUT2D eigenvalue weighted by Gasteiger charge is -2.12. The van der Waals surface area contributed by atoms with Crippen molar-refractivity contribution in [3.63, 3.8) is 0 Å². The van der Waals surface area contributed by atoms with Crippen molar-refractivity contribution in [1.82, 2.24) is 0 Å². The van der Waals surface area contributed by atoms with Gasteiger partial charge in [0.05, 0.1) is 5.57 Å². The van der Waals surface area contributed by atoms with E-state index in [2.05, 4.69) is 26.6 Å². The van der Waals surface area contributed by atoms with Crippen LogP contribution in [0.15, 0.2) is 52.6 Å². The highest BCUT2D eigenvalue weighted by atomic mass is 79.9. The van der Waals surface area contributed by atoms with Crippen LogP contribution in [0.2, 0.25) is 0 Å². The summed E-state index contributed by atoms with van der Waals surface area (Å²) in [6, 6.07) is 13.3. The number of carbonyl (C=O) groups excluding carboxylic acids is 1. The van der Waals surface area contributed by atoms with Crippen molar-refractivity contribution in [1.29, 1.82) is 0 Å². The first-order valence-electron chi connectivity index (χ1n) is 7.05. The van der Waals surface area contributed by atoms with E-state index < -0.39 is 0 Å². The fourth-order valence-electron chi connectivity index (χ4n) is 2.52. The second-order valence-corrected chi connectivity index (χ2v) is 6.01. The maximum absolute atomic E-state index is 12.3. The van der Waals surface area contributed by atoms with Crippen LogP contribution in [0.5, 0.6) is 0 Å². The smallest absolute Gasteiger partial charge is 0.258 e. The molecule has 0 saturated carbocycles. The molecule has 0 spiro atoms.